The van der Waals surface area contributed by atoms with E-state index in [4.69, 9.17) is 0 Å². The standard InChI is InChI=1S/C11H19NO/c13-11-6-4-8-12-7-3-1-2-5-10(12)9-11/h10H,1-9H2. The highest BCUT2D eigenvalue weighted by atomic mass is 16.1. The number of rotatable bonds is 0. The molecular formula is C11H19NO. The van der Waals surface area contributed by atoms with Gasteiger partial charge in [-0.25, -0.2) is 0 Å². The van der Waals surface area contributed by atoms with Gasteiger partial charge in [0.05, 0.1) is 0 Å². The van der Waals surface area contributed by atoms with Gasteiger partial charge in [0.15, 0.2) is 0 Å². The molecule has 0 aliphatic carbocycles. The van der Waals surface area contributed by atoms with Crippen LogP contribution in [0.15, 0.2) is 0 Å². The monoisotopic (exact) mass is 181 g/mol. The third-order valence-corrected chi connectivity index (χ3v) is 3.36. The highest BCUT2D eigenvalue weighted by Crippen LogP contribution is 2.23. The number of carbonyl (C=O) groups excluding carboxylic acids is 1. The molecule has 0 aromatic carbocycles. The van der Waals surface area contributed by atoms with Crippen LogP contribution < -0.4 is 0 Å². The molecule has 0 radical (unpaired) electrons. The lowest BCUT2D eigenvalue weighted by molar-refractivity contribution is -0.119. The van der Waals surface area contributed by atoms with Gasteiger partial charge in [-0.1, -0.05) is 12.8 Å². The van der Waals surface area contributed by atoms with Crippen LogP contribution in [0, 0.1) is 0 Å². The second-order valence-electron chi connectivity index (χ2n) is 4.39. The van der Waals surface area contributed by atoms with E-state index < -0.39 is 0 Å². The lowest BCUT2D eigenvalue weighted by atomic mass is 10.0. The lowest BCUT2D eigenvalue weighted by Crippen LogP contribution is -2.34. The summed E-state index contributed by atoms with van der Waals surface area (Å²) in [5.41, 5.74) is 0. The molecule has 0 bridgehead atoms. The molecule has 0 amide bonds. The van der Waals surface area contributed by atoms with Crippen molar-refractivity contribution in [2.24, 2.45) is 0 Å². The molecule has 2 heteroatoms. The zero-order chi connectivity index (χ0) is 9.10. The van der Waals surface area contributed by atoms with Crippen LogP contribution in [-0.4, -0.2) is 29.8 Å². The summed E-state index contributed by atoms with van der Waals surface area (Å²) < 4.78 is 0. The highest BCUT2D eigenvalue weighted by Gasteiger charge is 2.25. The van der Waals surface area contributed by atoms with E-state index in [9.17, 15) is 4.79 Å². The topological polar surface area (TPSA) is 20.3 Å². The first kappa shape index (κ1) is 9.20. The molecule has 2 saturated heterocycles. The first-order valence-corrected chi connectivity index (χ1v) is 5.62. The molecule has 0 aromatic rings. The van der Waals surface area contributed by atoms with Crippen molar-refractivity contribution >= 4 is 5.78 Å². The lowest BCUT2D eigenvalue weighted by Gasteiger charge is -2.26. The van der Waals surface area contributed by atoms with Gasteiger partial charge in [-0.05, 0) is 32.4 Å². The molecular weight excluding hydrogens is 162 g/mol. The summed E-state index contributed by atoms with van der Waals surface area (Å²) in [5, 5.41) is 0. The van der Waals surface area contributed by atoms with Crippen molar-refractivity contribution in [3.8, 4) is 0 Å². The summed E-state index contributed by atoms with van der Waals surface area (Å²) in [5.74, 6) is 0.495. The highest BCUT2D eigenvalue weighted by molar-refractivity contribution is 5.79. The van der Waals surface area contributed by atoms with Crippen molar-refractivity contribution in [1.29, 1.82) is 0 Å². The normalized spacial score (nSPS) is 32.0. The maximum atomic E-state index is 11.4. The number of ketones is 1. The Morgan fingerprint density at radius 3 is 2.85 bits per heavy atom. The van der Waals surface area contributed by atoms with Crippen LogP contribution in [0.2, 0.25) is 0 Å². The van der Waals surface area contributed by atoms with Crippen molar-refractivity contribution in [2.75, 3.05) is 13.1 Å². The summed E-state index contributed by atoms with van der Waals surface area (Å²) in [4.78, 5) is 14.0. The molecule has 74 valence electrons. The van der Waals surface area contributed by atoms with Crippen molar-refractivity contribution in [3.63, 3.8) is 0 Å². The van der Waals surface area contributed by atoms with Crippen LogP contribution in [0.3, 0.4) is 0 Å². The average Bonchev–Trinajstić information content (AvgIpc) is 2.38. The van der Waals surface area contributed by atoms with E-state index >= 15 is 0 Å². The van der Waals surface area contributed by atoms with Crippen LogP contribution in [-0.2, 0) is 4.79 Å². The Kier molecular flexibility index (Phi) is 2.99. The zero-order valence-electron chi connectivity index (χ0n) is 8.30. The van der Waals surface area contributed by atoms with Gasteiger partial charge in [0.1, 0.15) is 5.78 Å². The van der Waals surface area contributed by atoms with E-state index in [-0.39, 0.29) is 0 Å². The van der Waals surface area contributed by atoms with E-state index in [0.717, 1.165) is 25.8 Å². The third kappa shape index (κ3) is 2.31. The first-order valence-electron chi connectivity index (χ1n) is 5.62. The fourth-order valence-corrected chi connectivity index (χ4v) is 2.61. The number of hydrogen-bond acceptors (Lipinski definition) is 2. The molecule has 1 atom stereocenters. The van der Waals surface area contributed by atoms with E-state index in [0.29, 0.717) is 11.8 Å². The molecule has 0 N–H and O–H groups in total. The Morgan fingerprint density at radius 2 is 1.92 bits per heavy atom. The predicted octanol–water partition coefficient (Wildman–Crippen LogP) is 1.98. The summed E-state index contributed by atoms with van der Waals surface area (Å²) in [6, 6.07) is 0.595. The molecule has 1 unspecified atom stereocenters. The Labute approximate surface area is 80.3 Å². The minimum absolute atomic E-state index is 0.495. The molecule has 2 aliphatic rings. The van der Waals surface area contributed by atoms with Gasteiger partial charge in [-0.3, -0.25) is 9.69 Å². The van der Waals surface area contributed by atoms with Crippen LogP contribution in [0.25, 0.3) is 0 Å². The van der Waals surface area contributed by atoms with Crippen molar-refractivity contribution in [1.82, 2.24) is 4.90 Å². The van der Waals surface area contributed by atoms with Gasteiger partial charge in [0.25, 0.3) is 0 Å². The molecule has 2 fully saturated rings. The van der Waals surface area contributed by atoms with E-state index in [1.54, 1.807) is 0 Å². The fourth-order valence-electron chi connectivity index (χ4n) is 2.61. The first-order chi connectivity index (χ1) is 6.36. The molecule has 0 aromatic heterocycles. The molecule has 2 rings (SSSR count). The van der Waals surface area contributed by atoms with Crippen molar-refractivity contribution in [3.05, 3.63) is 0 Å². The van der Waals surface area contributed by atoms with E-state index in [1.807, 2.05) is 0 Å². The molecule has 2 aliphatic heterocycles. The molecule has 2 nitrogen and oxygen atoms in total. The minimum Gasteiger partial charge on any atom is -0.300 e. The fraction of sp³-hybridized carbons (Fsp3) is 0.909. The second kappa shape index (κ2) is 4.23. The van der Waals surface area contributed by atoms with Crippen LogP contribution >= 0.6 is 0 Å². The maximum Gasteiger partial charge on any atom is 0.134 e. The average molecular weight is 181 g/mol. The molecule has 0 spiro atoms. The van der Waals surface area contributed by atoms with Crippen LogP contribution in [0.5, 0.6) is 0 Å². The Bertz CT molecular complexity index is 191. The Hall–Kier alpha value is -0.370. The molecule has 0 saturated carbocycles. The summed E-state index contributed by atoms with van der Waals surface area (Å²) >= 11 is 0. The number of nitrogens with zero attached hydrogens (tertiary/aromatic N) is 1. The number of carbonyl (C=O) groups is 1. The van der Waals surface area contributed by atoms with Gasteiger partial charge < -0.3 is 0 Å². The SMILES string of the molecule is O=C1CCCN2CCCCCC2C1. The van der Waals surface area contributed by atoms with Crippen molar-refractivity contribution < 1.29 is 4.79 Å². The quantitative estimate of drug-likeness (QED) is 0.569. The molecule has 13 heavy (non-hydrogen) atoms. The van der Waals surface area contributed by atoms with E-state index in [1.165, 1.54) is 32.2 Å². The Balaban J connectivity index is 2.01. The van der Waals surface area contributed by atoms with Crippen LogP contribution in [0.4, 0.5) is 0 Å². The number of hydrogen-bond donors (Lipinski definition) is 0. The number of Topliss-reactive ketones (excluding diaryl/α,β-unsaturated/α-hetero) is 1. The summed E-state index contributed by atoms with van der Waals surface area (Å²) in [7, 11) is 0. The number of fused-ring (bicyclic) bond motifs is 1. The summed E-state index contributed by atoms with van der Waals surface area (Å²) in [6.45, 7) is 2.40. The van der Waals surface area contributed by atoms with Crippen LogP contribution in [0.1, 0.15) is 44.9 Å². The third-order valence-electron chi connectivity index (χ3n) is 3.36. The van der Waals surface area contributed by atoms with Gasteiger partial charge in [0.2, 0.25) is 0 Å². The smallest absolute Gasteiger partial charge is 0.134 e. The van der Waals surface area contributed by atoms with E-state index in [2.05, 4.69) is 4.90 Å². The van der Waals surface area contributed by atoms with Gasteiger partial charge in [0, 0.05) is 18.9 Å². The van der Waals surface area contributed by atoms with Crippen molar-refractivity contribution in [2.45, 2.75) is 51.0 Å². The molecule has 2 heterocycles. The maximum absolute atomic E-state index is 11.4. The van der Waals surface area contributed by atoms with Gasteiger partial charge in [-0.2, -0.15) is 0 Å². The van der Waals surface area contributed by atoms with Gasteiger partial charge >= 0.3 is 0 Å². The summed E-state index contributed by atoms with van der Waals surface area (Å²) in [6.07, 6.45) is 8.04. The van der Waals surface area contributed by atoms with Gasteiger partial charge in [-0.15, -0.1) is 0 Å². The minimum atomic E-state index is 0.495. The zero-order valence-corrected chi connectivity index (χ0v) is 8.30. The second-order valence-corrected chi connectivity index (χ2v) is 4.39. The Morgan fingerprint density at radius 1 is 1.08 bits per heavy atom. The largest absolute Gasteiger partial charge is 0.300 e. The predicted molar refractivity (Wildman–Crippen MR) is 52.7 cm³/mol.